The SMILES string of the molecule is CC(=Cc1ccccc1)C1C[C@@H]1NC1CCN(Cc2ccc(C(=O)O)cn2)CC1.Cl.Cl. The molecule has 5 nitrogen and oxygen atoms in total. The van der Waals surface area contributed by atoms with Crippen LogP contribution >= 0.6 is 24.8 Å². The third-order valence-corrected chi connectivity index (χ3v) is 6.06. The number of nitrogens with one attached hydrogen (secondary N) is 1. The van der Waals surface area contributed by atoms with Gasteiger partial charge < -0.3 is 10.4 Å². The second-order valence-corrected chi connectivity index (χ2v) is 8.31. The molecule has 168 valence electrons. The van der Waals surface area contributed by atoms with Crippen LogP contribution in [0.2, 0.25) is 0 Å². The molecule has 1 aliphatic carbocycles. The Morgan fingerprint density at radius 2 is 1.87 bits per heavy atom. The number of hydrogen-bond donors (Lipinski definition) is 2. The van der Waals surface area contributed by atoms with E-state index < -0.39 is 5.97 Å². The first-order chi connectivity index (χ1) is 14.1. The van der Waals surface area contributed by atoms with Gasteiger partial charge >= 0.3 is 5.97 Å². The monoisotopic (exact) mass is 463 g/mol. The number of aromatic nitrogens is 1. The summed E-state index contributed by atoms with van der Waals surface area (Å²) in [6, 6.07) is 15.2. The van der Waals surface area contributed by atoms with Gasteiger partial charge in [0.05, 0.1) is 11.3 Å². The molecule has 0 amide bonds. The van der Waals surface area contributed by atoms with Crippen molar-refractivity contribution in [3.63, 3.8) is 0 Å². The Hall–Kier alpha value is -1.92. The zero-order valence-corrected chi connectivity index (χ0v) is 19.4. The van der Waals surface area contributed by atoms with Crippen LogP contribution in [-0.2, 0) is 6.54 Å². The van der Waals surface area contributed by atoms with Crippen LogP contribution in [0.5, 0.6) is 0 Å². The summed E-state index contributed by atoms with van der Waals surface area (Å²) < 4.78 is 0. The Labute approximate surface area is 196 Å². The maximum Gasteiger partial charge on any atom is 0.337 e. The first-order valence-electron chi connectivity index (χ1n) is 10.5. The second-order valence-electron chi connectivity index (χ2n) is 8.31. The van der Waals surface area contributed by atoms with Crippen molar-refractivity contribution in [3.8, 4) is 0 Å². The summed E-state index contributed by atoms with van der Waals surface area (Å²) in [4.78, 5) is 17.6. The third-order valence-electron chi connectivity index (χ3n) is 6.06. The van der Waals surface area contributed by atoms with E-state index in [1.165, 1.54) is 23.8 Å². The molecule has 0 radical (unpaired) electrons. The predicted molar refractivity (Wildman–Crippen MR) is 129 cm³/mol. The fraction of sp³-hybridized carbons (Fsp3) is 0.417. The molecule has 2 fully saturated rings. The summed E-state index contributed by atoms with van der Waals surface area (Å²) in [5.74, 6) is -0.256. The van der Waals surface area contributed by atoms with Gasteiger partial charge in [-0.05, 0) is 49.8 Å². The topological polar surface area (TPSA) is 65.5 Å². The minimum Gasteiger partial charge on any atom is -0.478 e. The summed E-state index contributed by atoms with van der Waals surface area (Å²) in [7, 11) is 0. The van der Waals surface area contributed by atoms with Crippen LogP contribution in [0.4, 0.5) is 0 Å². The van der Waals surface area contributed by atoms with Gasteiger partial charge in [0.1, 0.15) is 0 Å². The van der Waals surface area contributed by atoms with Gasteiger partial charge in [-0.2, -0.15) is 0 Å². The van der Waals surface area contributed by atoms with Gasteiger partial charge in [-0.25, -0.2) is 4.79 Å². The Kier molecular flexibility index (Phi) is 9.51. The maximum atomic E-state index is 10.9. The molecule has 0 spiro atoms. The molecule has 31 heavy (non-hydrogen) atoms. The van der Waals surface area contributed by atoms with E-state index in [9.17, 15) is 4.79 Å². The molecule has 2 aliphatic rings. The molecule has 1 aromatic carbocycles. The Bertz CT molecular complexity index is 866. The van der Waals surface area contributed by atoms with Crippen LogP contribution in [0.15, 0.2) is 54.2 Å². The number of halogens is 2. The quantitative estimate of drug-likeness (QED) is 0.624. The summed E-state index contributed by atoms with van der Waals surface area (Å²) >= 11 is 0. The van der Waals surface area contributed by atoms with Crippen molar-refractivity contribution < 1.29 is 9.90 Å². The molecule has 7 heteroatoms. The van der Waals surface area contributed by atoms with Crippen molar-refractivity contribution in [3.05, 3.63) is 71.1 Å². The molecule has 0 bridgehead atoms. The average molecular weight is 464 g/mol. The first-order valence-corrected chi connectivity index (χ1v) is 10.5. The average Bonchev–Trinajstić information content (AvgIpc) is 3.50. The Morgan fingerprint density at radius 3 is 2.48 bits per heavy atom. The van der Waals surface area contributed by atoms with Gasteiger partial charge in [0.2, 0.25) is 0 Å². The van der Waals surface area contributed by atoms with Crippen molar-refractivity contribution in [1.82, 2.24) is 15.2 Å². The smallest absolute Gasteiger partial charge is 0.337 e. The zero-order chi connectivity index (χ0) is 20.2. The van der Waals surface area contributed by atoms with Gasteiger partial charge in [-0.3, -0.25) is 9.88 Å². The lowest BCUT2D eigenvalue weighted by molar-refractivity contribution is 0.0696. The van der Waals surface area contributed by atoms with Crippen LogP contribution in [0.25, 0.3) is 6.08 Å². The van der Waals surface area contributed by atoms with E-state index >= 15 is 0 Å². The summed E-state index contributed by atoms with van der Waals surface area (Å²) in [6.07, 6.45) is 7.31. The van der Waals surface area contributed by atoms with Crippen molar-refractivity contribution in [2.75, 3.05) is 13.1 Å². The van der Waals surface area contributed by atoms with Crippen molar-refractivity contribution in [2.24, 2.45) is 5.92 Å². The Balaban J connectivity index is 0.00000171. The van der Waals surface area contributed by atoms with Crippen LogP contribution in [-0.4, -0.2) is 46.1 Å². The highest BCUT2D eigenvalue weighted by atomic mass is 35.5. The fourth-order valence-electron chi connectivity index (χ4n) is 4.24. The van der Waals surface area contributed by atoms with Crippen molar-refractivity contribution >= 4 is 36.9 Å². The summed E-state index contributed by atoms with van der Waals surface area (Å²) in [5.41, 5.74) is 3.94. The number of rotatable bonds is 7. The molecule has 1 saturated carbocycles. The highest BCUT2D eigenvalue weighted by molar-refractivity contribution is 5.87. The van der Waals surface area contributed by atoms with Crippen molar-refractivity contribution in [1.29, 1.82) is 0 Å². The van der Waals surface area contributed by atoms with Gasteiger partial charge in [-0.15, -0.1) is 24.8 Å². The largest absolute Gasteiger partial charge is 0.478 e. The van der Waals surface area contributed by atoms with E-state index in [1.807, 2.05) is 6.07 Å². The van der Waals surface area contributed by atoms with Crippen molar-refractivity contribution in [2.45, 2.75) is 44.8 Å². The summed E-state index contributed by atoms with van der Waals surface area (Å²) in [5, 5.41) is 12.8. The second kappa shape index (κ2) is 11.6. The minimum absolute atomic E-state index is 0. The summed E-state index contributed by atoms with van der Waals surface area (Å²) in [6.45, 7) is 5.15. The molecular formula is C24H31Cl2N3O2. The van der Waals surface area contributed by atoms with Crippen LogP contribution < -0.4 is 5.32 Å². The van der Waals surface area contributed by atoms with Gasteiger partial charge in [-0.1, -0.05) is 42.0 Å². The van der Waals surface area contributed by atoms with Gasteiger partial charge in [0.15, 0.2) is 0 Å². The number of hydrogen-bond acceptors (Lipinski definition) is 4. The van der Waals surface area contributed by atoms with E-state index in [-0.39, 0.29) is 30.4 Å². The molecule has 1 saturated heterocycles. The third kappa shape index (κ3) is 7.04. The zero-order valence-electron chi connectivity index (χ0n) is 17.7. The number of piperidine rings is 1. The number of likely N-dealkylation sites (tertiary alicyclic amines) is 1. The van der Waals surface area contributed by atoms with E-state index in [0.29, 0.717) is 18.0 Å². The molecule has 4 rings (SSSR count). The molecule has 1 aliphatic heterocycles. The Morgan fingerprint density at radius 1 is 1.16 bits per heavy atom. The van der Waals surface area contributed by atoms with Gasteiger partial charge in [0.25, 0.3) is 0 Å². The molecule has 1 unspecified atom stereocenters. The predicted octanol–water partition coefficient (Wildman–Crippen LogP) is 4.67. The standard InChI is InChI=1S/C24H29N3O2.2ClH/c1-17(13-18-5-3-2-4-6-18)22-14-23(22)26-20-9-11-27(12-10-20)16-21-8-7-19(15-25-21)24(28)29;;/h2-8,13,15,20,22-23,26H,9-12,14,16H2,1H3,(H,28,29);2*1H/t22?,23-;;/m0../s1. The lowest BCUT2D eigenvalue weighted by Crippen LogP contribution is -2.43. The van der Waals surface area contributed by atoms with Crippen LogP contribution in [0.1, 0.15) is 47.8 Å². The van der Waals surface area contributed by atoms with Gasteiger partial charge in [0, 0.05) is 37.9 Å². The highest BCUT2D eigenvalue weighted by Crippen LogP contribution is 2.38. The molecular weight excluding hydrogens is 433 g/mol. The number of benzene rings is 1. The maximum absolute atomic E-state index is 10.9. The molecule has 2 atom stereocenters. The normalized spacial score (nSPS) is 21.6. The van der Waals surface area contributed by atoms with Crippen LogP contribution in [0.3, 0.4) is 0 Å². The van der Waals surface area contributed by atoms with E-state index in [1.54, 1.807) is 6.07 Å². The van der Waals surface area contributed by atoms with E-state index in [4.69, 9.17) is 5.11 Å². The van der Waals surface area contributed by atoms with E-state index in [2.05, 4.69) is 58.5 Å². The fourth-order valence-corrected chi connectivity index (χ4v) is 4.24. The van der Waals surface area contributed by atoms with Crippen LogP contribution in [0, 0.1) is 5.92 Å². The number of nitrogens with zero attached hydrogens (tertiary/aromatic N) is 2. The minimum atomic E-state index is -0.928. The highest BCUT2D eigenvalue weighted by Gasteiger charge is 2.39. The number of aromatic carboxylic acids is 1. The molecule has 2 N–H and O–H groups in total. The number of carbonyl (C=O) groups is 1. The number of carboxylic acids is 1. The lowest BCUT2D eigenvalue weighted by atomic mass is 10.0. The molecule has 1 aromatic heterocycles. The van der Waals surface area contributed by atoms with E-state index in [0.717, 1.165) is 38.2 Å². The first kappa shape index (κ1) is 25.3. The number of pyridine rings is 1. The number of carboxylic acid groups (broad SMARTS) is 1. The lowest BCUT2D eigenvalue weighted by Gasteiger charge is -2.32. The molecule has 2 aromatic rings. The molecule has 2 heterocycles.